The third-order valence-corrected chi connectivity index (χ3v) is 1.69. The molecule has 78 valence electrons. The standard InChI is InChI=1S/C10H20O3/c1-3-4-5-6-10(11)9-13-8-7-12-2/h3,10-11H,1,4-9H2,2H3. The summed E-state index contributed by atoms with van der Waals surface area (Å²) >= 11 is 0. The Kier molecular flexibility index (Phi) is 9.42. The lowest BCUT2D eigenvalue weighted by Crippen LogP contribution is -2.16. The van der Waals surface area contributed by atoms with E-state index >= 15 is 0 Å². The number of aliphatic hydroxyl groups is 1. The number of ether oxygens (including phenoxy) is 2. The molecule has 0 amide bonds. The van der Waals surface area contributed by atoms with Crippen LogP contribution >= 0.6 is 0 Å². The molecule has 0 aliphatic heterocycles. The number of aliphatic hydroxyl groups excluding tert-OH is 1. The van der Waals surface area contributed by atoms with Gasteiger partial charge >= 0.3 is 0 Å². The van der Waals surface area contributed by atoms with Crippen LogP contribution in [-0.4, -0.2) is 38.1 Å². The monoisotopic (exact) mass is 188 g/mol. The Morgan fingerprint density at radius 3 is 2.85 bits per heavy atom. The molecule has 1 N–H and O–H groups in total. The Balaban J connectivity index is 3.09. The Morgan fingerprint density at radius 2 is 2.23 bits per heavy atom. The van der Waals surface area contributed by atoms with Gasteiger partial charge in [0, 0.05) is 7.11 Å². The van der Waals surface area contributed by atoms with E-state index < -0.39 is 0 Å². The van der Waals surface area contributed by atoms with Gasteiger partial charge in [0.05, 0.1) is 25.9 Å². The second-order valence-electron chi connectivity index (χ2n) is 2.94. The van der Waals surface area contributed by atoms with E-state index in [1.807, 2.05) is 6.08 Å². The van der Waals surface area contributed by atoms with Gasteiger partial charge in [0.25, 0.3) is 0 Å². The minimum absolute atomic E-state index is 0.350. The van der Waals surface area contributed by atoms with Gasteiger partial charge in [-0.2, -0.15) is 0 Å². The molecule has 0 aromatic rings. The van der Waals surface area contributed by atoms with E-state index in [1.54, 1.807) is 7.11 Å². The number of allylic oxidation sites excluding steroid dienone is 1. The molecule has 13 heavy (non-hydrogen) atoms. The largest absolute Gasteiger partial charge is 0.391 e. The fraction of sp³-hybridized carbons (Fsp3) is 0.800. The zero-order valence-electron chi connectivity index (χ0n) is 8.37. The van der Waals surface area contributed by atoms with Crippen molar-refractivity contribution in [3.05, 3.63) is 12.7 Å². The third kappa shape index (κ3) is 9.53. The van der Waals surface area contributed by atoms with Crippen molar-refractivity contribution in [1.29, 1.82) is 0 Å². The second-order valence-corrected chi connectivity index (χ2v) is 2.94. The first-order valence-electron chi connectivity index (χ1n) is 4.67. The summed E-state index contributed by atoms with van der Waals surface area (Å²) in [5.41, 5.74) is 0. The number of methoxy groups -OCH3 is 1. The number of unbranched alkanes of at least 4 members (excludes halogenated alkanes) is 1. The minimum Gasteiger partial charge on any atom is -0.391 e. The number of rotatable bonds is 9. The van der Waals surface area contributed by atoms with Crippen molar-refractivity contribution in [2.45, 2.75) is 25.4 Å². The van der Waals surface area contributed by atoms with Crippen LogP contribution in [0.5, 0.6) is 0 Å². The highest BCUT2D eigenvalue weighted by Gasteiger charge is 2.02. The molecule has 0 aromatic carbocycles. The molecule has 0 spiro atoms. The maximum Gasteiger partial charge on any atom is 0.0773 e. The summed E-state index contributed by atoms with van der Waals surface area (Å²) < 4.78 is 9.97. The molecule has 0 bridgehead atoms. The van der Waals surface area contributed by atoms with E-state index in [-0.39, 0.29) is 6.10 Å². The summed E-state index contributed by atoms with van der Waals surface area (Å²) in [6.45, 7) is 5.15. The number of hydrogen-bond acceptors (Lipinski definition) is 3. The quantitative estimate of drug-likeness (QED) is 0.438. The van der Waals surface area contributed by atoms with Gasteiger partial charge in [0.1, 0.15) is 0 Å². The molecule has 3 heteroatoms. The van der Waals surface area contributed by atoms with E-state index in [2.05, 4.69) is 6.58 Å². The molecule has 3 nitrogen and oxygen atoms in total. The molecule has 0 fully saturated rings. The molecule has 0 aliphatic carbocycles. The van der Waals surface area contributed by atoms with E-state index in [4.69, 9.17) is 9.47 Å². The van der Waals surface area contributed by atoms with Crippen molar-refractivity contribution < 1.29 is 14.6 Å². The molecular weight excluding hydrogens is 168 g/mol. The molecule has 0 aromatic heterocycles. The summed E-state index contributed by atoms with van der Waals surface area (Å²) in [6, 6.07) is 0. The summed E-state index contributed by atoms with van der Waals surface area (Å²) in [7, 11) is 1.63. The third-order valence-electron chi connectivity index (χ3n) is 1.69. The van der Waals surface area contributed by atoms with Gasteiger partial charge < -0.3 is 14.6 Å². The van der Waals surface area contributed by atoms with Gasteiger partial charge in [-0.3, -0.25) is 0 Å². The Labute approximate surface area is 80.4 Å². The zero-order valence-corrected chi connectivity index (χ0v) is 8.37. The van der Waals surface area contributed by atoms with Crippen LogP contribution in [0.4, 0.5) is 0 Å². The number of hydrogen-bond donors (Lipinski definition) is 1. The lowest BCUT2D eigenvalue weighted by atomic mass is 10.1. The summed E-state index contributed by atoms with van der Waals surface area (Å²) in [5, 5.41) is 9.38. The maximum atomic E-state index is 9.38. The van der Waals surface area contributed by atoms with Gasteiger partial charge in [0.2, 0.25) is 0 Å². The normalized spacial score (nSPS) is 12.8. The average molecular weight is 188 g/mol. The van der Waals surface area contributed by atoms with Gasteiger partial charge in [-0.25, -0.2) is 0 Å². The Morgan fingerprint density at radius 1 is 1.46 bits per heavy atom. The Hall–Kier alpha value is -0.380. The van der Waals surface area contributed by atoms with Crippen molar-refractivity contribution in [2.75, 3.05) is 26.9 Å². The maximum absolute atomic E-state index is 9.38. The highest BCUT2D eigenvalue weighted by molar-refractivity contribution is 4.67. The first-order chi connectivity index (χ1) is 6.31. The zero-order chi connectivity index (χ0) is 9.94. The fourth-order valence-electron chi connectivity index (χ4n) is 0.943. The molecule has 0 rings (SSSR count). The lowest BCUT2D eigenvalue weighted by molar-refractivity contribution is 0.00987. The minimum atomic E-state index is -0.350. The van der Waals surface area contributed by atoms with Gasteiger partial charge in [-0.1, -0.05) is 6.08 Å². The van der Waals surface area contributed by atoms with E-state index in [0.717, 1.165) is 19.3 Å². The summed E-state index contributed by atoms with van der Waals surface area (Å²) in [4.78, 5) is 0. The van der Waals surface area contributed by atoms with Crippen molar-refractivity contribution in [2.24, 2.45) is 0 Å². The van der Waals surface area contributed by atoms with Crippen LogP contribution in [0.15, 0.2) is 12.7 Å². The van der Waals surface area contributed by atoms with Crippen molar-refractivity contribution in [3.63, 3.8) is 0 Å². The van der Waals surface area contributed by atoms with Crippen LogP contribution in [0.3, 0.4) is 0 Å². The van der Waals surface area contributed by atoms with Crippen LogP contribution in [0.2, 0.25) is 0 Å². The first kappa shape index (κ1) is 12.6. The molecular formula is C10H20O3. The molecule has 0 saturated heterocycles. The van der Waals surface area contributed by atoms with Crippen LogP contribution in [-0.2, 0) is 9.47 Å². The van der Waals surface area contributed by atoms with Crippen molar-refractivity contribution >= 4 is 0 Å². The van der Waals surface area contributed by atoms with E-state index in [0.29, 0.717) is 19.8 Å². The fourth-order valence-corrected chi connectivity index (χ4v) is 0.943. The van der Waals surface area contributed by atoms with Gasteiger partial charge in [-0.05, 0) is 19.3 Å². The van der Waals surface area contributed by atoms with Crippen LogP contribution in [0, 0.1) is 0 Å². The van der Waals surface area contributed by atoms with Crippen LogP contribution in [0.1, 0.15) is 19.3 Å². The summed E-state index contributed by atoms with van der Waals surface area (Å²) in [6.07, 6.45) is 4.21. The van der Waals surface area contributed by atoms with Crippen molar-refractivity contribution in [3.8, 4) is 0 Å². The molecule has 0 saturated carbocycles. The SMILES string of the molecule is C=CCCCC(O)COCCOC. The molecule has 1 atom stereocenters. The smallest absolute Gasteiger partial charge is 0.0773 e. The van der Waals surface area contributed by atoms with Crippen LogP contribution < -0.4 is 0 Å². The summed E-state index contributed by atoms with van der Waals surface area (Å²) in [5.74, 6) is 0. The molecule has 1 unspecified atom stereocenters. The van der Waals surface area contributed by atoms with Crippen LogP contribution in [0.25, 0.3) is 0 Å². The van der Waals surface area contributed by atoms with E-state index in [9.17, 15) is 5.11 Å². The predicted octanol–water partition coefficient (Wildman–Crippen LogP) is 1.37. The average Bonchev–Trinajstić information content (AvgIpc) is 2.13. The van der Waals surface area contributed by atoms with E-state index in [1.165, 1.54) is 0 Å². The molecule has 0 radical (unpaired) electrons. The second kappa shape index (κ2) is 9.71. The molecule has 0 aliphatic rings. The first-order valence-corrected chi connectivity index (χ1v) is 4.67. The molecule has 0 heterocycles. The van der Waals surface area contributed by atoms with Crippen molar-refractivity contribution in [1.82, 2.24) is 0 Å². The lowest BCUT2D eigenvalue weighted by Gasteiger charge is -2.09. The highest BCUT2D eigenvalue weighted by atomic mass is 16.5. The highest BCUT2D eigenvalue weighted by Crippen LogP contribution is 2.01. The predicted molar refractivity (Wildman–Crippen MR) is 52.7 cm³/mol. The van der Waals surface area contributed by atoms with Gasteiger partial charge in [0.15, 0.2) is 0 Å². The topological polar surface area (TPSA) is 38.7 Å². The van der Waals surface area contributed by atoms with Gasteiger partial charge in [-0.15, -0.1) is 6.58 Å². The Bertz CT molecular complexity index is 115.